The monoisotopic (exact) mass is 494 g/mol. The highest BCUT2D eigenvalue weighted by Gasteiger charge is 2.44. The van der Waals surface area contributed by atoms with E-state index in [-0.39, 0.29) is 23.5 Å². The highest BCUT2D eigenvalue weighted by atomic mass is 32.2. The van der Waals surface area contributed by atoms with Gasteiger partial charge in [-0.3, -0.25) is 19.4 Å². The molecule has 2 aromatic carbocycles. The minimum Gasteiger partial charge on any atom is -0.497 e. The highest BCUT2D eigenvalue weighted by molar-refractivity contribution is 7.89. The van der Waals surface area contributed by atoms with Crippen LogP contribution in [0.4, 0.5) is 5.69 Å². The van der Waals surface area contributed by atoms with Crippen LogP contribution in [0.2, 0.25) is 0 Å². The zero-order chi connectivity index (χ0) is 25.2. The van der Waals surface area contributed by atoms with E-state index in [2.05, 4.69) is 4.98 Å². The molecule has 0 radical (unpaired) electrons. The molecule has 11 heteroatoms. The van der Waals surface area contributed by atoms with Gasteiger partial charge in [0.25, 0.3) is 11.8 Å². The molecule has 0 bridgehead atoms. The van der Waals surface area contributed by atoms with Gasteiger partial charge in [-0.2, -0.15) is 0 Å². The van der Waals surface area contributed by atoms with E-state index in [0.29, 0.717) is 16.9 Å². The van der Waals surface area contributed by atoms with Crippen molar-refractivity contribution in [3.63, 3.8) is 0 Å². The molecular formula is C24H22N4O6S. The summed E-state index contributed by atoms with van der Waals surface area (Å²) in [6.07, 6.45) is 2.95. The first kappa shape index (κ1) is 24.0. The summed E-state index contributed by atoms with van der Waals surface area (Å²) in [6, 6.07) is 14.0. The number of rotatable bonds is 7. The molecule has 0 saturated carbocycles. The van der Waals surface area contributed by atoms with E-state index in [9.17, 15) is 22.8 Å². The Morgan fingerprint density at radius 1 is 1.11 bits per heavy atom. The van der Waals surface area contributed by atoms with Crippen LogP contribution in [0, 0.1) is 0 Å². The van der Waals surface area contributed by atoms with Crippen LogP contribution >= 0.6 is 0 Å². The van der Waals surface area contributed by atoms with E-state index in [1.54, 1.807) is 48.8 Å². The lowest BCUT2D eigenvalue weighted by molar-refractivity contribution is -0.122. The quantitative estimate of drug-likeness (QED) is 0.493. The normalized spacial score (nSPS) is 15.8. The Labute approximate surface area is 202 Å². The lowest BCUT2D eigenvalue weighted by atomic mass is 10.1. The molecule has 180 valence electrons. The molecule has 35 heavy (non-hydrogen) atoms. The lowest BCUT2D eigenvalue weighted by Gasteiger charge is -2.28. The standard InChI is InChI=1S/C24H22N4O6S/c1-34-19-8-4-17(5-9-19)23(30)27(15-16-3-2-12-26-14-16)21-13-22(29)28(24(21)31)18-6-10-20(11-7-18)35(25,32)33/h2-12,14,21H,13,15H2,1H3,(H2,25,32,33). The molecule has 1 aliphatic rings. The van der Waals surface area contributed by atoms with Gasteiger partial charge in [-0.25, -0.2) is 18.5 Å². The summed E-state index contributed by atoms with van der Waals surface area (Å²) in [5, 5.41) is 5.12. The largest absolute Gasteiger partial charge is 0.497 e. The van der Waals surface area contributed by atoms with Gasteiger partial charge in [0.1, 0.15) is 11.8 Å². The van der Waals surface area contributed by atoms with E-state index < -0.39 is 33.8 Å². The third-order valence-corrected chi connectivity index (χ3v) is 6.53. The van der Waals surface area contributed by atoms with Gasteiger partial charge in [0, 0.05) is 24.5 Å². The Morgan fingerprint density at radius 3 is 2.37 bits per heavy atom. The second-order valence-corrected chi connectivity index (χ2v) is 9.41. The second-order valence-electron chi connectivity index (χ2n) is 7.85. The number of primary sulfonamides is 1. The SMILES string of the molecule is COc1ccc(C(=O)N(Cc2cccnc2)C2CC(=O)N(c3ccc(S(N)(=O)=O)cc3)C2=O)cc1. The first-order valence-corrected chi connectivity index (χ1v) is 12.1. The van der Waals surface area contributed by atoms with Crippen LogP contribution in [0.3, 0.4) is 0 Å². The number of pyridine rings is 1. The summed E-state index contributed by atoms with van der Waals surface area (Å²) in [6.45, 7) is 0.0561. The minimum atomic E-state index is -3.93. The van der Waals surface area contributed by atoms with E-state index in [4.69, 9.17) is 9.88 Å². The average molecular weight is 495 g/mol. The molecule has 3 amide bonds. The van der Waals surface area contributed by atoms with Crippen molar-refractivity contribution in [2.24, 2.45) is 5.14 Å². The molecule has 1 unspecified atom stereocenters. The molecule has 2 N–H and O–H groups in total. The smallest absolute Gasteiger partial charge is 0.257 e. The van der Waals surface area contributed by atoms with E-state index in [1.165, 1.54) is 36.3 Å². The molecule has 1 aromatic heterocycles. The van der Waals surface area contributed by atoms with Crippen LogP contribution in [0.25, 0.3) is 0 Å². The highest BCUT2D eigenvalue weighted by Crippen LogP contribution is 2.28. The molecule has 0 spiro atoms. The number of hydrogen-bond acceptors (Lipinski definition) is 7. The molecule has 10 nitrogen and oxygen atoms in total. The van der Waals surface area contributed by atoms with Gasteiger partial charge in [-0.1, -0.05) is 6.07 Å². The van der Waals surface area contributed by atoms with Crippen LogP contribution in [0.5, 0.6) is 5.75 Å². The number of benzene rings is 2. The summed E-state index contributed by atoms with van der Waals surface area (Å²) in [5.41, 5.74) is 1.20. The molecular weight excluding hydrogens is 472 g/mol. The number of imide groups is 1. The number of hydrogen-bond donors (Lipinski definition) is 1. The van der Waals surface area contributed by atoms with Crippen LogP contribution in [0.15, 0.2) is 78.0 Å². The van der Waals surface area contributed by atoms with Crippen molar-refractivity contribution >= 4 is 33.4 Å². The molecule has 1 atom stereocenters. The van der Waals surface area contributed by atoms with E-state index >= 15 is 0 Å². The van der Waals surface area contributed by atoms with Crippen LogP contribution < -0.4 is 14.8 Å². The summed E-state index contributed by atoms with van der Waals surface area (Å²) in [7, 11) is -2.42. The Morgan fingerprint density at radius 2 is 1.80 bits per heavy atom. The molecule has 0 aliphatic carbocycles. The Bertz CT molecular complexity index is 1360. The summed E-state index contributed by atoms with van der Waals surface area (Å²) in [5.74, 6) is -0.971. The van der Waals surface area contributed by atoms with Crippen molar-refractivity contribution in [1.82, 2.24) is 9.88 Å². The number of aromatic nitrogens is 1. The predicted octanol–water partition coefficient (Wildman–Crippen LogP) is 1.71. The molecule has 2 heterocycles. The van der Waals surface area contributed by atoms with E-state index in [1.807, 2.05) is 0 Å². The number of anilines is 1. The zero-order valence-electron chi connectivity index (χ0n) is 18.7. The molecule has 1 saturated heterocycles. The number of nitrogens with two attached hydrogens (primary N) is 1. The van der Waals surface area contributed by atoms with Crippen molar-refractivity contribution in [3.05, 3.63) is 84.2 Å². The number of nitrogens with zero attached hydrogens (tertiary/aromatic N) is 3. The molecule has 1 aliphatic heterocycles. The van der Waals surface area contributed by atoms with Gasteiger partial charge in [0.15, 0.2) is 0 Å². The van der Waals surface area contributed by atoms with Gasteiger partial charge < -0.3 is 9.64 Å². The number of ether oxygens (including phenoxy) is 1. The molecule has 3 aromatic rings. The second kappa shape index (κ2) is 9.65. The lowest BCUT2D eigenvalue weighted by Crippen LogP contribution is -2.45. The third kappa shape index (κ3) is 5.05. The maximum absolute atomic E-state index is 13.5. The van der Waals surface area contributed by atoms with Gasteiger partial charge in [0.2, 0.25) is 15.9 Å². The van der Waals surface area contributed by atoms with Crippen LogP contribution in [0.1, 0.15) is 22.3 Å². The molecule has 1 fully saturated rings. The van der Waals surface area contributed by atoms with Gasteiger partial charge in [-0.15, -0.1) is 0 Å². The maximum atomic E-state index is 13.5. The fourth-order valence-electron chi connectivity index (χ4n) is 3.83. The average Bonchev–Trinajstić information content (AvgIpc) is 3.15. The first-order valence-electron chi connectivity index (χ1n) is 10.5. The summed E-state index contributed by atoms with van der Waals surface area (Å²) >= 11 is 0. The fourth-order valence-corrected chi connectivity index (χ4v) is 4.34. The predicted molar refractivity (Wildman–Crippen MR) is 126 cm³/mol. The number of carbonyl (C=O) groups is 3. The molecule has 4 rings (SSSR count). The minimum absolute atomic E-state index is 0.0561. The maximum Gasteiger partial charge on any atom is 0.257 e. The fraction of sp³-hybridized carbons (Fsp3) is 0.167. The first-order chi connectivity index (χ1) is 16.7. The Balaban J connectivity index is 1.66. The van der Waals surface area contributed by atoms with Crippen molar-refractivity contribution in [1.29, 1.82) is 0 Å². The van der Waals surface area contributed by atoms with E-state index in [0.717, 1.165) is 4.90 Å². The number of sulfonamides is 1. The van der Waals surface area contributed by atoms with Crippen molar-refractivity contribution < 1.29 is 27.5 Å². The third-order valence-electron chi connectivity index (χ3n) is 5.60. The van der Waals surface area contributed by atoms with Crippen molar-refractivity contribution in [2.45, 2.75) is 23.9 Å². The van der Waals surface area contributed by atoms with Crippen molar-refractivity contribution in [3.8, 4) is 5.75 Å². The number of amides is 3. The Kier molecular flexibility index (Phi) is 6.63. The summed E-state index contributed by atoms with van der Waals surface area (Å²) in [4.78, 5) is 46.0. The van der Waals surface area contributed by atoms with Crippen LogP contribution in [-0.2, 0) is 26.2 Å². The van der Waals surface area contributed by atoms with Gasteiger partial charge in [-0.05, 0) is 60.2 Å². The van der Waals surface area contributed by atoms with Gasteiger partial charge >= 0.3 is 0 Å². The topological polar surface area (TPSA) is 140 Å². The van der Waals surface area contributed by atoms with Crippen LogP contribution in [-0.4, -0.2) is 49.2 Å². The number of methoxy groups -OCH3 is 1. The van der Waals surface area contributed by atoms with Crippen molar-refractivity contribution in [2.75, 3.05) is 12.0 Å². The number of carbonyl (C=O) groups excluding carboxylic acids is 3. The zero-order valence-corrected chi connectivity index (χ0v) is 19.5. The van der Waals surface area contributed by atoms with Gasteiger partial charge in [0.05, 0.1) is 24.1 Å². The Hall–Kier alpha value is -4.09. The summed E-state index contributed by atoms with van der Waals surface area (Å²) < 4.78 is 28.2.